The fourth-order valence-corrected chi connectivity index (χ4v) is 5.80. The standard InChI is InChI=1S/C31H37N5O13/c1-14-7-6-10-16(26(41)33-14)34-27(42)18-13-17(37)20(39)30(46-18)49-23(25(32)40)22-21(45-2)24(48-29(43)15-8-4-3-5-9-15)28(47-22)36-12-11-19(38)35-31(36)44/h3-5,8-9,11-14,16-17,20-24,28,30,37,39H,6-7,10H2,1-2H3,(H2,32,40)(H,33,41)(H,34,42)(H,35,38,44)/t14-,16+,17+,20+,21-,22+,23-,24-,28-,30-/m1/s1. The number of nitrogens with zero attached hydrogens (tertiary/aromatic N) is 1. The molecule has 0 bridgehead atoms. The van der Waals surface area contributed by atoms with Crippen molar-refractivity contribution in [1.29, 1.82) is 0 Å². The van der Waals surface area contributed by atoms with Crippen LogP contribution in [-0.2, 0) is 38.1 Å². The fourth-order valence-electron chi connectivity index (χ4n) is 5.80. The maximum atomic E-state index is 13.1. The summed E-state index contributed by atoms with van der Waals surface area (Å²) < 4.78 is 29.6. The number of rotatable bonds is 10. The lowest BCUT2D eigenvalue weighted by atomic mass is 10.0. The van der Waals surface area contributed by atoms with Crippen LogP contribution in [-0.4, -0.2) is 106 Å². The molecule has 10 atom stereocenters. The molecule has 3 amide bonds. The summed E-state index contributed by atoms with van der Waals surface area (Å²) in [6.07, 6.45) is -9.55. The van der Waals surface area contributed by atoms with Crippen LogP contribution in [0.2, 0.25) is 0 Å². The van der Waals surface area contributed by atoms with Crippen molar-refractivity contribution in [2.24, 2.45) is 5.73 Å². The van der Waals surface area contributed by atoms with Crippen LogP contribution in [0.15, 0.2) is 64.0 Å². The number of carbonyl (C=O) groups is 4. The van der Waals surface area contributed by atoms with Crippen molar-refractivity contribution in [3.8, 4) is 0 Å². The number of carbonyl (C=O) groups excluding carboxylic acids is 4. The highest BCUT2D eigenvalue weighted by atomic mass is 16.7. The Bertz CT molecular complexity index is 1690. The molecule has 7 N–H and O–H groups in total. The van der Waals surface area contributed by atoms with E-state index < -0.39 is 95.9 Å². The second-order valence-corrected chi connectivity index (χ2v) is 11.8. The maximum absolute atomic E-state index is 13.1. The lowest BCUT2D eigenvalue weighted by Crippen LogP contribution is -2.54. The molecule has 18 nitrogen and oxygen atoms in total. The highest BCUT2D eigenvalue weighted by molar-refractivity contribution is 5.96. The van der Waals surface area contributed by atoms with Crippen LogP contribution in [0.1, 0.15) is 42.8 Å². The molecule has 0 aliphatic carbocycles. The minimum atomic E-state index is -1.90. The average Bonchev–Trinajstić information content (AvgIpc) is 3.32. The van der Waals surface area contributed by atoms with E-state index in [1.54, 1.807) is 18.2 Å². The number of nitrogens with one attached hydrogen (secondary N) is 3. The van der Waals surface area contributed by atoms with E-state index in [0.29, 0.717) is 19.3 Å². The van der Waals surface area contributed by atoms with E-state index in [9.17, 15) is 39.0 Å². The van der Waals surface area contributed by atoms with Crippen molar-refractivity contribution in [2.45, 2.75) is 87.4 Å². The number of amides is 3. The van der Waals surface area contributed by atoms with Crippen LogP contribution in [0.4, 0.5) is 0 Å². The lowest BCUT2D eigenvalue weighted by Gasteiger charge is -2.35. The molecule has 2 fully saturated rings. The number of aliphatic hydroxyl groups excluding tert-OH is 2. The van der Waals surface area contributed by atoms with Gasteiger partial charge in [0.15, 0.2) is 24.2 Å². The number of hydrogen-bond donors (Lipinski definition) is 6. The molecule has 0 radical (unpaired) electrons. The summed E-state index contributed by atoms with van der Waals surface area (Å²) in [7, 11) is 1.20. The van der Waals surface area contributed by atoms with Gasteiger partial charge in [-0.1, -0.05) is 18.2 Å². The maximum Gasteiger partial charge on any atom is 0.338 e. The van der Waals surface area contributed by atoms with E-state index in [1.807, 2.05) is 6.92 Å². The number of primary amides is 1. The first kappa shape index (κ1) is 35.4. The molecule has 3 aliphatic rings. The molecule has 0 saturated carbocycles. The van der Waals surface area contributed by atoms with Gasteiger partial charge in [-0.15, -0.1) is 0 Å². The molecule has 2 aromatic rings. The summed E-state index contributed by atoms with van der Waals surface area (Å²) in [6.45, 7) is 1.84. The smallest absolute Gasteiger partial charge is 0.338 e. The topological polar surface area (TPSA) is 260 Å². The zero-order chi connectivity index (χ0) is 35.4. The van der Waals surface area contributed by atoms with Crippen LogP contribution in [0.25, 0.3) is 0 Å². The number of hydrogen-bond acceptors (Lipinski definition) is 13. The quantitative estimate of drug-likeness (QED) is 0.144. The van der Waals surface area contributed by atoms with Gasteiger partial charge in [-0.3, -0.25) is 28.7 Å². The first-order valence-electron chi connectivity index (χ1n) is 15.4. The Morgan fingerprint density at radius 2 is 1.82 bits per heavy atom. The van der Waals surface area contributed by atoms with E-state index in [2.05, 4.69) is 15.6 Å². The molecule has 4 heterocycles. The van der Waals surface area contributed by atoms with Gasteiger partial charge in [-0.05, 0) is 44.4 Å². The van der Waals surface area contributed by atoms with Crippen molar-refractivity contribution >= 4 is 23.7 Å². The summed E-state index contributed by atoms with van der Waals surface area (Å²) in [5.74, 6) is -3.85. The van der Waals surface area contributed by atoms with E-state index in [-0.39, 0.29) is 11.6 Å². The second kappa shape index (κ2) is 15.1. The predicted molar refractivity (Wildman–Crippen MR) is 164 cm³/mol. The van der Waals surface area contributed by atoms with Crippen molar-refractivity contribution in [3.05, 3.63) is 80.8 Å². The van der Waals surface area contributed by atoms with Gasteiger partial charge in [0.2, 0.25) is 18.1 Å². The van der Waals surface area contributed by atoms with Crippen LogP contribution in [0, 0.1) is 0 Å². The van der Waals surface area contributed by atoms with Crippen molar-refractivity contribution in [2.75, 3.05) is 7.11 Å². The van der Waals surface area contributed by atoms with Crippen LogP contribution < -0.4 is 27.6 Å². The number of aliphatic hydroxyl groups is 2. The minimum Gasteiger partial charge on any atom is -0.456 e. The van der Waals surface area contributed by atoms with Gasteiger partial charge in [0.05, 0.1) is 5.56 Å². The van der Waals surface area contributed by atoms with E-state index in [0.717, 1.165) is 22.9 Å². The van der Waals surface area contributed by atoms with Gasteiger partial charge < -0.3 is 50.3 Å². The highest BCUT2D eigenvalue weighted by Gasteiger charge is 2.55. The zero-order valence-electron chi connectivity index (χ0n) is 26.4. The summed E-state index contributed by atoms with van der Waals surface area (Å²) in [5.41, 5.74) is 4.17. The largest absolute Gasteiger partial charge is 0.456 e. The third kappa shape index (κ3) is 7.89. The fraction of sp³-hybridized carbons (Fsp3) is 0.484. The van der Waals surface area contributed by atoms with Gasteiger partial charge in [0.25, 0.3) is 11.5 Å². The number of ether oxygens (including phenoxy) is 5. The first-order valence-corrected chi connectivity index (χ1v) is 15.4. The third-order valence-electron chi connectivity index (χ3n) is 8.29. The number of benzene rings is 1. The number of nitrogens with two attached hydrogens (primary N) is 1. The Morgan fingerprint density at radius 1 is 1.08 bits per heavy atom. The molecule has 0 unspecified atom stereocenters. The molecule has 5 rings (SSSR count). The van der Waals surface area contributed by atoms with E-state index >= 15 is 0 Å². The van der Waals surface area contributed by atoms with Crippen LogP contribution >= 0.6 is 0 Å². The lowest BCUT2D eigenvalue weighted by molar-refractivity contribution is -0.241. The Kier molecular flexibility index (Phi) is 10.9. The second-order valence-electron chi connectivity index (χ2n) is 11.8. The summed E-state index contributed by atoms with van der Waals surface area (Å²) in [5, 5.41) is 26.6. The Morgan fingerprint density at radius 3 is 2.49 bits per heavy atom. The van der Waals surface area contributed by atoms with E-state index in [1.165, 1.54) is 19.2 Å². The number of aromatic amines is 1. The van der Waals surface area contributed by atoms with Gasteiger partial charge in [0.1, 0.15) is 30.5 Å². The Hall–Kier alpha value is -4.88. The molecule has 2 saturated heterocycles. The average molecular weight is 688 g/mol. The summed E-state index contributed by atoms with van der Waals surface area (Å²) >= 11 is 0. The number of aromatic nitrogens is 2. The number of esters is 1. The molecule has 49 heavy (non-hydrogen) atoms. The molecule has 0 spiro atoms. The highest BCUT2D eigenvalue weighted by Crippen LogP contribution is 2.36. The van der Waals surface area contributed by atoms with E-state index in [4.69, 9.17) is 29.4 Å². The minimum absolute atomic E-state index is 0.0855. The predicted octanol–water partition coefficient (Wildman–Crippen LogP) is -2.32. The van der Waals surface area contributed by atoms with Crippen LogP contribution in [0.5, 0.6) is 0 Å². The molecule has 3 aliphatic heterocycles. The normalized spacial score (nSPS) is 30.6. The molecule has 18 heteroatoms. The summed E-state index contributed by atoms with van der Waals surface area (Å²) in [4.78, 5) is 78.3. The van der Waals surface area contributed by atoms with Crippen molar-refractivity contribution < 1.29 is 53.1 Å². The molecule has 1 aromatic heterocycles. The number of H-pyrrole nitrogens is 1. The number of methoxy groups -OCH3 is 1. The van der Waals surface area contributed by atoms with Crippen molar-refractivity contribution in [1.82, 2.24) is 20.2 Å². The molecule has 1 aromatic carbocycles. The molecular weight excluding hydrogens is 650 g/mol. The first-order chi connectivity index (χ1) is 23.4. The van der Waals surface area contributed by atoms with Gasteiger partial charge >= 0.3 is 11.7 Å². The van der Waals surface area contributed by atoms with Gasteiger partial charge in [-0.25, -0.2) is 9.59 Å². The van der Waals surface area contributed by atoms with Gasteiger partial charge in [0, 0.05) is 25.4 Å². The van der Waals surface area contributed by atoms with Gasteiger partial charge in [-0.2, -0.15) is 0 Å². The monoisotopic (exact) mass is 687 g/mol. The third-order valence-corrected chi connectivity index (χ3v) is 8.29. The SMILES string of the molecule is CO[C@H]1[C@@H](OC(=O)c2ccccc2)[C@H](n2ccc(=O)[nH]c2=O)O[C@@H]1[C@@H](O[C@H]1OC(C(=O)N[C@H]2CCC[C@@H](C)NC2=O)=C[C@H](O)[C@@H]1O)C(N)=O. The van der Waals surface area contributed by atoms with Crippen molar-refractivity contribution in [3.63, 3.8) is 0 Å². The van der Waals surface area contributed by atoms with Crippen LogP contribution in [0.3, 0.4) is 0 Å². The molecule has 264 valence electrons. The summed E-state index contributed by atoms with van der Waals surface area (Å²) in [6, 6.07) is 7.85. The zero-order valence-corrected chi connectivity index (χ0v) is 26.4. The Labute approximate surface area is 278 Å². The Balaban J connectivity index is 1.40. The molecular formula is C31H37N5O13.